The molecule has 1 unspecified atom stereocenters. The highest BCUT2D eigenvalue weighted by atomic mass is 19.4. The van der Waals surface area contributed by atoms with Crippen molar-refractivity contribution in [3.05, 3.63) is 65.6 Å². The fourth-order valence-corrected chi connectivity index (χ4v) is 4.29. The lowest BCUT2D eigenvalue weighted by molar-refractivity contribution is -0.284. The number of aromatic nitrogens is 5. The van der Waals surface area contributed by atoms with E-state index in [0.717, 1.165) is 16.7 Å². The van der Waals surface area contributed by atoms with E-state index in [0.29, 0.717) is 5.69 Å². The molecule has 1 aliphatic rings. The fraction of sp³-hybridized carbons (Fsp3) is 0.261. The molecule has 0 bridgehead atoms. The lowest BCUT2D eigenvalue weighted by Crippen LogP contribution is -2.36. The molecule has 0 saturated carbocycles. The van der Waals surface area contributed by atoms with Gasteiger partial charge in [0.05, 0.1) is 16.8 Å². The summed E-state index contributed by atoms with van der Waals surface area (Å²) in [6, 6.07) is 7.34. The molecule has 0 spiro atoms. The van der Waals surface area contributed by atoms with Crippen molar-refractivity contribution >= 4 is 23.1 Å². The largest absolute Gasteiger partial charge is 0.453 e. The standard InChI is InChI=1S/C23H17F6N7O/c1-21(13-4-2-3-9-31-13)15-17(30)33-19(34-18(15)35-20(21)37)16-12-6-5-11(24)10-36(12)14(32-16)7-8-22(25,26)23(27,28)29/h2-6,9-10H,7-8H2,1H3,(H3,30,33,34,35,37). The molecular formula is C23H17F6N7O. The highest BCUT2D eigenvalue weighted by molar-refractivity contribution is 6.08. The highest BCUT2D eigenvalue weighted by Gasteiger charge is 2.56. The Hall–Kier alpha value is -4.23. The molecule has 0 saturated heterocycles. The Morgan fingerprint density at radius 1 is 1.08 bits per heavy atom. The number of amides is 1. The first-order chi connectivity index (χ1) is 17.3. The van der Waals surface area contributed by atoms with Crippen LogP contribution in [0.15, 0.2) is 42.7 Å². The molecule has 14 heteroatoms. The van der Waals surface area contributed by atoms with E-state index in [2.05, 4.69) is 25.3 Å². The summed E-state index contributed by atoms with van der Waals surface area (Å²) in [5.41, 5.74) is 5.68. The molecule has 4 aromatic heterocycles. The number of carbonyl (C=O) groups is 1. The number of anilines is 2. The first-order valence-corrected chi connectivity index (χ1v) is 10.9. The Bertz CT molecular complexity index is 1540. The average Bonchev–Trinajstić information content (AvgIpc) is 3.32. The number of carbonyl (C=O) groups excluding carboxylic acids is 1. The van der Waals surface area contributed by atoms with Gasteiger partial charge in [-0.3, -0.25) is 9.78 Å². The van der Waals surface area contributed by atoms with Crippen LogP contribution in [-0.2, 0) is 16.6 Å². The number of hydrogen-bond donors (Lipinski definition) is 2. The number of alkyl halides is 5. The summed E-state index contributed by atoms with van der Waals surface area (Å²) < 4.78 is 80.1. The van der Waals surface area contributed by atoms with Crippen LogP contribution in [0.25, 0.3) is 17.0 Å². The molecule has 0 fully saturated rings. The molecule has 5 rings (SSSR count). The van der Waals surface area contributed by atoms with Crippen molar-refractivity contribution in [2.45, 2.75) is 37.3 Å². The molecule has 3 N–H and O–H groups in total. The molecule has 0 aromatic carbocycles. The quantitative estimate of drug-likeness (QED) is 0.379. The summed E-state index contributed by atoms with van der Waals surface area (Å²) in [5.74, 6) is -6.65. The first-order valence-electron chi connectivity index (χ1n) is 10.9. The van der Waals surface area contributed by atoms with E-state index in [1.54, 1.807) is 25.1 Å². The Morgan fingerprint density at radius 3 is 2.51 bits per heavy atom. The second-order valence-electron chi connectivity index (χ2n) is 8.63. The number of nitrogens with one attached hydrogen (secondary N) is 1. The highest BCUT2D eigenvalue weighted by Crippen LogP contribution is 2.44. The number of halogens is 6. The Labute approximate surface area is 204 Å². The zero-order chi connectivity index (χ0) is 26.8. The van der Waals surface area contributed by atoms with Crippen molar-refractivity contribution in [3.8, 4) is 11.5 Å². The van der Waals surface area contributed by atoms with Crippen LogP contribution >= 0.6 is 0 Å². The lowest BCUT2D eigenvalue weighted by atomic mass is 9.81. The summed E-state index contributed by atoms with van der Waals surface area (Å²) in [6.07, 6.45) is -5.76. The van der Waals surface area contributed by atoms with E-state index in [1.807, 2.05) is 0 Å². The fourth-order valence-electron chi connectivity index (χ4n) is 4.29. The van der Waals surface area contributed by atoms with E-state index in [4.69, 9.17) is 5.73 Å². The summed E-state index contributed by atoms with van der Waals surface area (Å²) in [5, 5.41) is 2.63. The van der Waals surface area contributed by atoms with Crippen LogP contribution in [0.5, 0.6) is 0 Å². The average molecular weight is 521 g/mol. The molecular weight excluding hydrogens is 504 g/mol. The topological polar surface area (TPSA) is 111 Å². The Kier molecular flexibility index (Phi) is 5.39. The van der Waals surface area contributed by atoms with Crippen molar-refractivity contribution in [1.82, 2.24) is 24.3 Å². The second kappa shape index (κ2) is 8.15. The van der Waals surface area contributed by atoms with Crippen molar-refractivity contribution in [2.75, 3.05) is 11.1 Å². The minimum Gasteiger partial charge on any atom is -0.383 e. The van der Waals surface area contributed by atoms with E-state index in [1.165, 1.54) is 12.3 Å². The van der Waals surface area contributed by atoms with Crippen molar-refractivity contribution < 1.29 is 31.1 Å². The monoisotopic (exact) mass is 521 g/mol. The maximum absolute atomic E-state index is 13.9. The van der Waals surface area contributed by atoms with Crippen LogP contribution in [-0.4, -0.2) is 42.3 Å². The number of nitrogens with zero attached hydrogens (tertiary/aromatic N) is 5. The third-order valence-electron chi connectivity index (χ3n) is 6.26. The van der Waals surface area contributed by atoms with Gasteiger partial charge in [0.2, 0.25) is 5.91 Å². The van der Waals surface area contributed by atoms with Crippen LogP contribution < -0.4 is 11.1 Å². The van der Waals surface area contributed by atoms with Gasteiger partial charge in [-0.05, 0) is 31.2 Å². The molecule has 4 aromatic rings. The Balaban J connectivity index is 1.61. The molecule has 8 nitrogen and oxygen atoms in total. The van der Waals surface area contributed by atoms with Gasteiger partial charge in [-0.25, -0.2) is 19.3 Å². The van der Waals surface area contributed by atoms with Crippen molar-refractivity contribution in [2.24, 2.45) is 0 Å². The number of rotatable bonds is 5. The number of aryl methyl sites for hydroxylation is 1. The predicted molar refractivity (Wildman–Crippen MR) is 119 cm³/mol. The molecule has 0 aliphatic carbocycles. The van der Waals surface area contributed by atoms with E-state index >= 15 is 0 Å². The van der Waals surface area contributed by atoms with Crippen molar-refractivity contribution in [3.63, 3.8) is 0 Å². The van der Waals surface area contributed by atoms with Gasteiger partial charge in [0.25, 0.3) is 0 Å². The number of nitrogens with two attached hydrogens (primary N) is 1. The van der Waals surface area contributed by atoms with Crippen LogP contribution in [0.1, 0.15) is 30.4 Å². The van der Waals surface area contributed by atoms with Crippen molar-refractivity contribution in [1.29, 1.82) is 0 Å². The van der Waals surface area contributed by atoms with Gasteiger partial charge in [0.15, 0.2) is 5.82 Å². The first kappa shape index (κ1) is 24.5. The van der Waals surface area contributed by atoms with E-state index in [9.17, 15) is 31.1 Å². The minimum absolute atomic E-state index is 0.0412. The molecule has 37 heavy (non-hydrogen) atoms. The molecule has 192 valence electrons. The van der Waals surface area contributed by atoms with Crippen LogP contribution in [0.4, 0.5) is 38.0 Å². The molecule has 5 heterocycles. The third-order valence-corrected chi connectivity index (χ3v) is 6.26. The van der Waals surface area contributed by atoms with Gasteiger partial charge in [0.1, 0.15) is 34.4 Å². The minimum atomic E-state index is -5.75. The zero-order valence-corrected chi connectivity index (χ0v) is 18.9. The maximum Gasteiger partial charge on any atom is 0.453 e. The summed E-state index contributed by atoms with van der Waals surface area (Å²) in [6.45, 7) is 1.60. The van der Waals surface area contributed by atoms with Gasteiger partial charge >= 0.3 is 12.1 Å². The normalized spacial score (nSPS) is 17.8. The van der Waals surface area contributed by atoms with Gasteiger partial charge in [-0.2, -0.15) is 22.0 Å². The Morgan fingerprint density at radius 2 is 1.84 bits per heavy atom. The second-order valence-corrected chi connectivity index (χ2v) is 8.63. The number of imidazole rings is 1. The molecule has 0 radical (unpaired) electrons. The number of fused-ring (bicyclic) bond motifs is 2. The third kappa shape index (κ3) is 3.83. The van der Waals surface area contributed by atoms with Crippen LogP contribution in [0.3, 0.4) is 0 Å². The SMILES string of the molecule is CC1(c2ccccn2)C(=O)Nc2nc(-c3nc(CCC(F)(F)C(F)(F)F)n4cc(F)ccc34)nc(N)c21. The van der Waals surface area contributed by atoms with Crippen LogP contribution in [0, 0.1) is 5.82 Å². The number of pyridine rings is 2. The van der Waals surface area contributed by atoms with Gasteiger partial charge < -0.3 is 15.5 Å². The molecule has 1 atom stereocenters. The predicted octanol–water partition coefficient (Wildman–Crippen LogP) is 4.30. The van der Waals surface area contributed by atoms with Gasteiger partial charge in [0, 0.05) is 25.2 Å². The summed E-state index contributed by atoms with van der Waals surface area (Å²) in [4.78, 5) is 30.0. The van der Waals surface area contributed by atoms with Gasteiger partial charge in [-0.15, -0.1) is 0 Å². The van der Waals surface area contributed by atoms with Gasteiger partial charge in [-0.1, -0.05) is 6.07 Å². The van der Waals surface area contributed by atoms with E-state index in [-0.39, 0.29) is 40.1 Å². The summed E-state index contributed by atoms with van der Waals surface area (Å²) in [7, 11) is 0. The lowest BCUT2D eigenvalue weighted by Gasteiger charge is -2.22. The summed E-state index contributed by atoms with van der Waals surface area (Å²) >= 11 is 0. The zero-order valence-electron chi connectivity index (χ0n) is 18.9. The van der Waals surface area contributed by atoms with E-state index < -0.39 is 42.1 Å². The smallest absolute Gasteiger partial charge is 0.383 e. The molecule has 1 amide bonds. The maximum atomic E-state index is 13.9. The number of hydrogen-bond acceptors (Lipinski definition) is 6. The number of nitrogen functional groups attached to an aromatic ring is 1. The molecule has 1 aliphatic heterocycles. The van der Waals surface area contributed by atoms with Crippen LogP contribution in [0.2, 0.25) is 0 Å².